The van der Waals surface area contributed by atoms with Crippen molar-refractivity contribution >= 4 is 101 Å². The molecule has 0 saturated heterocycles. The van der Waals surface area contributed by atoms with Crippen LogP contribution in [-0.2, 0) is 32.9 Å². The fourth-order valence-corrected chi connectivity index (χ4v) is 6.30. The Hall–Kier alpha value is -1.56. The van der Waals surface area contributed by atoms with Crippen LogP contribution >= 0.6 is 43.0 Å². The van der Waals surface area contributed by atoms with E-state index >= 15 is 0 Å². The van der Waals surface area contributed by atoms with Gasteiger partial charge in [-0.3, -0.25) is 9.59 Å². The summed E-state index contributed by atoms with van der Waals surface area (Å²) in [5.74, 6) is 2.96. The van der Waals surface area contributed by atoms with Gasteiger partial charge in [0, 0.05) is 34.7 Å². The first-order valence-corrected chi connectivity index (χ1v) is 13.2. The van der Waals surface area contributed by atoms with Crippen molar-refractivity contribution in [1.29, 1.82) is 0 Å². The first-order chi connectivity index (χ1) is 15.9. The van der Waals surface area contributed by atoms with Crippen LogP contribution in [0.25, 0.3) is 0 Å². The molecule has 0 fully saturated rings. The van der Waals surface area contributed by atoms with Crippen molar-refractivity contribution in [1.82, 2.24) is 5.06 Å². The topological polar surface area (TPSA) is 72.9 Å². The van der Waals surface area contributed by atoms with Gasteiger partial charge in [-0.25, -0.2) is 9.63 Å². The minimum Gasteiger partial charge on any atom is -0.467 e. The molecule has 0 aromatic heterocycles. The average molecular weight is 582 g/mol. The monoisotopic (exact) mass is 582 g/mol. The van der Waals surface area contributed by atoms with Crippen LogP contribution in [0.4, 0.5) is 0 Å². The molecule has 0 saturated carbocycles. The summed E-state index contributed by atoms with van der Waals surface area (Å²) in [4.78, 5) is 44.6. The van der Waals surface area contributed by atoms with Gasteiger partial charge in [0.05, 0.1) is 18.2 Å². The number of hydrogen-bond acceptors (Lipinski definition) is 5. The minimum absolute atomic E-state index is 0. The Morgan fingerprint density at radius 1 is 0.941 bits per heavy atom. The zero-order valence-electron chi connectivity index (χ0n) is 17.9. The molecule has 2 aromatic rings. The van der Waals surface area contributed by atoms with Crippen molar-refractivity contribution in [3.05, 3.63) is 57.6 Å². The van der Waals surface area contributed by atoms with E-state index in [-0.39, 0.29) is 29.7 Å². The van der Waals surface area contributed by atoms with Gasteiger partial charge in [0.25, 0.3) is 11.8 Å². The summed E-state index contributed by atoms with van der Waals surface area (Å²) in [7, 11) is 12.8. The van der Waals surface area contributed by atoms with Crippen LogP contribution in [0.15, 0.2) is 24.3 Å². The SMILES string of the molecule is C=Pc1c(C=P)c(C=P)c(C=P)c(C(ON2C(=O)c3ccccc3C2=O)C(=O)OC)c1P=C.[V]. The molecule has 1 aliphatic heterocycles. The number of fused-ring (bicyclic) bond motifs is 1. The molecular weight excluding hydrogens is 564 g/mol. The molecule has 1 atom stereocenters. The molecule has 1 aliphatic rings. The van der Waals surface area contributed by atoms with E-state index in [1.807, 2.05) is 0 Å². The molecule has 0 bridgehead atoms. The van der Waals surface area contributed by atoms with Gasteiger partial charge >= 0.3 is 5.97 Å². The van der Waals surface area contributed by atoms with Crippen LogP contribution in [0.1, 0.15) is 49.1 Å². The largest absolute Gasteiger partial charge is 0.467 e. The van der Waals surface area contributed by atoms with Crippen LogP contribution in [0.5, 0.6) is 0 Å². The smallest absolute Gasteiger partial charge is 0.342 e. The van der Waals surface area contributed by atoms with E-state index in [9.17, 15) is 14.4 Å². The normalized spacial score (nSPS) is 13.3. The van der Waals surface area contributed by atoms with Crippen LogP contribution in [0, 0.1) is 0 Å². The summed E-state index contributed by atoms with van der Waals surface area (Å²) >= 11 is 0. The molecule has 1 radical (unpaired) electrons. The van der Waals surface area contributed by atoms with E-state index in [0.717, 1.165) is 10.9 Å². The molecule has 0 aliphatic carbocycles. The average Bonchev–Trinajstić information content (AvgIpc) is 3.09. The zero-order valence-corrected chi connectivity index (χ0v) is 24.0. The Bertz CT molecular complexity index is 1190. The molecule has 3 rings (SSSR count). The second-order valence-corrected chi connectivity index (χ2v) is 8.95. The number of methoxy groups -OCH3 is 1. The third-order valence-corrected chi connectivity index (χ3v) is 7.60. The van der Waals surface area contributed by atoms with E-state index in [1.54, 1.807) is 29.5 Å². The minimum atomic E-state index is -1.43. The molecule has 0 spiro atoms. The van der Waals surface area contributed by atoms with Crippen LogP contribution in [0.2, 0.25) is 0 Å². The fourth-order valence-electron chi connectivity index (χ4n) is 3.53. The van der Waals surface area contributed by atoms with Crippen molar-refractivity contribution in [2.45, 2.75) is 6.10 Å². The second-order valence-electron chi connectivity index (χ2n) is 6.56. The van der Waals surface area contributed by atoms with E-state index in [2.05, 4.69) is 39.2 Å². The fraction of sp³-hybridized carbons (Fsp3) is 0.0909. The summed E-state index contributed by atoms with van der Waals surface area (Å²) < 4.78 is 5.00. The van der Waals surface area contributed by atoms with Crippen molar-refractivity contribution in [3.8, 4) is 0 Å². The number of rotatable bonds is 9. The number of carbonyl (C=O) groups is 3. The Kier molecular flexibility index (Phi) is 10.5. The number of ether oxygens (including phenoxy) is 1. The number of amides is 2. The molecule has 6 nitrogen and oxygen atoms in total. The standard InChI is InChI=1S/C22H18NO5P5.V/c1-27-22(26)17(28-23-20(24)11-6-4-5-7-12(11)21(23)25)16-14(9-30)13(8-29)15(10-31)18(32-2)19(16)33-3;/h4-10,17,29-31H,2-3H2,1H3;. The number of nitrogens with zero attached hydrogens (tertiary/aromatic N) is 1. The number of esters is 1. The van der Waals surface area contributed by atoms with Crippen molar-refractivity contribution < 1.29 is 42.5 Å². The number of hydroxylamine groups is 2. The summed E-state index contributed by atoms with van der Waals surface area (Å²) in [5, 5.41) is 2.05. The van der Waals surface area contributed by atoms with Crippen molar-refractivity contribution in [2.24, 2.45) is 0 Å². The second kappa shape index (κ2) is 12.4. The Morgan fingerprint density at radius 3 is 1.85 bits per heavy atom. The molecule has 12 heteroatoms. The molecule has 2 amide bonds. The van der Waals surface area contributed by atoms with Crippen molar-refractivity contribution in [3.63, 3.8) is 0 Å². The number of hydrogen-bond donors (Lipinski definition) is 0. The predicted molar refractivity (Wildman–Crippen MR) is 147 cm³/mol. The van der Waals surface area contributed by atoms with Gasteiger partial charge in [-0.05, 0) is 46.2 Å². The van der Waals surface area contributed by atoms with E-state index in [0.29, 0.717) is 43.5 Å². The first-order valence-electron chi connectivity index (χ1n) is 9.31. The van der Waals surface area contributed by atoms with Gasteiger partial charge in [-0.1, -0.05) is 41.1 Å². The van der Waals surface area contributed by atoms with Gasteiger partial charge in [0.2, 0.25) is 6.10 Å². The van der Waals surface area contributed by atoms with Gasteiger partial charge in [0.1, 0.15) is 0 Å². The number of imide groups is 1. The maximum absolute atomic E-state index is 13.0. The van der Waals surface area contributed by atoms with E-state index in [1.165, 1.54) is 19.2 Å². The van der Waals surface area contributed by atoms with Gasteiger partial charge in [-0.2, -0.15) is 0 Å². The predicted octanol–water partition coefficient (Wildman–Crippen LogP) is 3.01. The first kappa shape index (κ1) is 28.7. The summed E-state index contributed by atoms with van der Waals surface area (Å²) in [6.45, 7) is 0. The van der Waals surface area contributed by atoms with E-state index < -0.39 is 23.9 Å². The molecule has 2 aromatic carbocycles. The molecule has 34 heavy (non-hydrogen) atoms. The molecule has 1 heterocycles. The number of benzene rings is 2. The maximum atomic E-state index is 13.0. The third-order valence-electron chi connectivity index (χ3n) is 5.00. The van der Waals surface area contributed by atoms with Crippen LogP contribution in [0.3, 0.4) is 0 Å². The number of carbonyl (C=O) groups excluding carboxylic acids is 3. The van der Waals surface area contributed by atoms with Gasteiger partial charge in [0.15, 0.2) is 0 Å². The van der Waals surface area contributed by atoms with E-state index in [4.69, 9.17) is 9.57 Å². The maximum Gasteiger partial charge on any atom is 0.342 e. The van der Waals surface area contributed by atoms with Gasteiger partial charge < -0.3 is 4.74 Å². The quantitative estimate of drug-likeness (QED) is 0.259. The van der Waals surface area contributed by atoms with Gasteiger partial charge in [-0.15, -0.1) is 31.7 Å². The summed E-state index contributed by atoms with van der Waals surface area (Å²) in [5.41, 5.74) is 2.91. The Morgan fingerprint density at radius 2 is 1.44 bits per heavy atom. The summed E-state index contributed by atoms with van der Waals surface area (Å²) in [6.07, 6.45) is 6.56. The van der Waals surface area contributed by atoms with Crippen LogP contribution < -0.4 is 10.6 Å². The molecule has 0 N–H and O–H groups in total. The van der Waals surface area contributed by atoms with Crippen molar-refractivity contribution in [2.75, 3.05) is 7.11 Å². The Balaban J connectivity index is 0.00000408. The Labute approximate surface area is 219 Å². The van der Waals surface area contributed by atoms with Crippen LogP contribution in [-0.4, -0.2) is 59.9 Å². The molecule has 171 valence electrons. The zero-order chi connectivity index (χ0) is 24.3. The molecular formula is C22H18NO5P5V. The third kappa shape index (κ3) is 4.89. The summed E-state index contributed by atoms with van der Waals surface area (Å²) in [6, 6.07) is 6.35. The molecule has 1 unspecified atom stereocenters.